The van der Waals surface area contributed by atoms with Crippen molar-refractivity contribution < 1.29 is 4.74 Å². The topological polar surface area (TPSA) is 61.7 Å². The maximum atomic E-state index is 9.44. The highest BCUT2D eigenvalue weighted by atomic mass is 16.5. The molecular formula is C19H13N3O. The highest BCUT2D eigenvalue weighted by molar-refractivity contribution is 5.90. The van der Waals surface area contributed by atoms with E-state index in [1.54, 1.807) is 6.08 Å². The molecule has 0 spiro atoms. The molecule has 1 N–H and O–H groups in total. The first-order chi connectivity index (χ1) is 11.3. The number of benzene rings is 2. The molecule has 0 radical (unpaired) electrons. The molecule has 0 aliphatic rings. The quantitative estimate of drug-likeness (QED) is 0.591. The van der Waals surface area contributed by atoms with E-state index in [1.807, 2.05) is 48.5 Å². The van der Waals surface area contributed by atoms with Crippen molar-refractivity contribution >= 4 is 22.7 Å². The molecule has 3 aromatic rings. The Hall–Kier alpha value is -3.50. The summed E-state index contributed by atoms with van der Waals surface area (Å²) < 4.78 is 5.39. The third-order valence-electron chi connectivity index (χ3n) is 3.26. The number of hydrogen-bond acceptors (Lipinski definition) is 3. The molecular weight excluding hydrogens is 286 g/mol. The van der Waals surface area contributed by atoms with Gasteiger partial charge in [-0.1, -0.05) is 30.2 Å². The smallest absolute Gasteiger partial charge is 0.149 e. The Bertz CT molecular complexity index is 921. The molecule has 0 amide bonds. The van der Waals surface area contributed by atoms with Gasteiger partial charge in [0.2, 0.25) is 0 Å². The Morgan fingerprint density at radius 3 is 2.91 bits per heavy atom. The van der Waals surface area contributed by atoms with Crippen LogP contribution in [0.1, 0.15) is 11.4 Å². The van der Waals surface area contributed by atoms with Gasteiger partial charge in [-0.3, -0.25) is 0 Å². The average Bonchev–Trinajstić information content (AvgIpc) is 3.02. The summed E-state index contributed by atoms with van der Waals surface area (Å²) in [6.07, 6.45) is 6.95. The molecule has 0 unspecified atom stereocenters. The number of para-hydroxylation sites is 2. The van der Waals surface area contributed by atoms with Crippen LogP contribution in [-0.4, -0.2) is 16.6 Å². The van der Waals surface area contributed by atoms with E-state index < -0.39 is 0 Å². The number of nitrogens with zero attached hydrogens (tertiary/aromatic N) is 2. The summed E-state index contributed by atoms with van der Waals surface area (Å²) in [5, 5.41) is 9.44. The standard InChI is InChI=1S/C19H13N3O/c1-2-10-23-16-7-5-6-14(12-16)11-15(13-20)19-21-17-8-3-4-9-18(17)22-19/h1,3-9,11-12H,10H2,(H,21,22)/b15-11-. The van der Waals surface area contributed by atoms with E-state index in [4.69, 9.17) is 11.2 Å². The lowest BCUT2D eigenvalue weighted by Gasteiger charge is -2.03. The van der Waals surface area contributed by atoms with Gasteiger partial charge in [-0.2, -0.15) is 5.26 Å². The second-order valence-electron chi connectivity index (χ2n) is 4.84. The SMILES string of the molecule is C#CCOc1cccc(/C=C(/C#N)c2nc3ccccc3[nH]2)c1. The maximum Gasteiger partial charge on any atom is 0.149 e. The van der Waals surface area contributed by atoms with E-state index in [9.17, 15) is 5.26 Å². The molecule has 2 aromatic carbocycles. The molecule has 0 atom stereocenters. The number of terminal acetylenes is 1. The third kappa shape index (κ3) is 3.23. The normalized spacial score (nSPS) is 11.0. The van der Waals surface area contributed by atoms with Crippen molar-refractivity contribution in [1.29, 1.82) is 5.26 Å². The van der Waals surface area contributed by atoms with Crippen LogP contribution in [0.15, 0.2) is 48.5 Å². The lowest BCUT2D eigenvalue weighted by molar-refractivity contribution is 0.370. The van der Waals surface area contributed by atoms with Crippen LogP contribution in [0.2, 0.25) is 0 Å². The fourth-order valence-corrected chi connectivity index (χ4v) is 2.22. The number of aromatic nitrogens is 2. The molecule has 4 nitrogen and oxygen atoms in total. The summed E-state index contributed by atoms with van der Waals surface area (Å²) in [5.41, 5.74) is 3.02. The van der Waals surface area contributed by atoms with Crippen molar-refractivity contribution in [2.75, 3.05) is 6.61 Å². The Balaban J connectivity index is 1.96. The highest BCUT2D eigenvalue weighted by Crippen LogP contribution is 2.21. The molecule has 1 aromatic heterocycles. The first-order valence-electron chi connectivity index (χ1n) is 7.03. The number of H-pyrrole nitrogens is 1. The minimum atomic E-state index is 0.210. The molecule has 3 rings (SSSR count). The fourth-order valence-electron chi connectivity index (χ4n) is 2.22. The molecule has 0 aliphatic carbocycles. The predicted octanol–water partition coefficient (Wildman–Crippen LogP) is 3.64. The number of ether oxygens (including phenoxy) is 1. The number of rotatable bonds is 4. The van der Waals surface area contributed by atoms with Gasteiger partial charge in [0, 0.05) is 0 Å². The van der Waals surface area contributed by atoms with Crippen LogP contribution in [0.3, 0.4) is 0 Å². The molecule has 0 fully saturated rings. The second-order valence-corrected chi connectivity index (χ2v) is 4.84. The zero-order valence-corrected chi connectivity index (χ0v) is 12.3. The summed E-state index contributed by atoms with van der Waals surface area (Å²) in [5.74, 6) is 3.63. The summed E-state index contributed by atoms with van der Waals surface area (Å²) >= 11 is 0. The molecule has 0 saturated carbocycles. The van der Waals surface area contributed by atoms with Gasteiger partial charge in [-0.15, -0.1) is 6.42 Å². The van der Waals surface area contributed by atoms with E-state index in [0.717, 1.165) is 16.6 Å². The molecule has 0 bridgehead atoms. The summed E-state index contributed by atoms with van der Waals surface area (Å²) in [6.45, 7) is 0.210. The first-order valence-corrected chi connectivity index (χ1v) is 7.03. The summed E-state index contributed by atoms with van der Waals surface area (Å²) in [6, 6.07) is 17.2. The van der Waals surface area contributed by atoms with Crippen LogP contribution < -0.4 is 4.74 Å². The molecule has 0 saturated heterocycles. The van der Waals surface area contributed by atoms with Gasteiger partial charge in [0.1, 0.15) is 24.3 Å². The molecule has 110 valence electrons. The number of imidazole rings is 1. The number of aromatic amines is 1. The lowest BCUT2D eigenvalue weighted by atomic mass is 10.1. The Labute approximate surface area is 134 Å². The van der Waals surface area contributed by atoms with Crippen LogP contribution >= 0.6 is 0 Å². The Morgan fingerprint density at radius 1 is 1.26 bits per heavy atom. The van der Waals surface area contributed by atoms with Crippen molar-refractivity contribution in [3.05, 3.63) is 59.9 Å². The van der Waals surface area contributed by atoms with Crippen molar-refractivity contribution in [2.24, 2.45) is 0 Å². The molecule has 23 heavy (non-hydrogen) atoms. The third-order valence-corrected chi connectivity index (χ3v) is 3.26. The first kappa shape index (κ1) is 14.4. The Morgan fingerprint density at radius 2 is 2.13 bits per heavy atom. The molecule has 0 aliphatic heterocycles. The largest absolute Gasteiger partial charge is 0.481 e. The van der Waals surface area contributed by atoms with Crippen molar-refractivity contribution in [1.82, 2.24) is 9.97 Å². The van der Waals surface area contributed by atoms with Gasteiger partial charge in [0.25, 0.3) is 0 Å². The average molecular weight is 299 g/mol. The second kappa shape index (κ2) is 6.51. The van der Waals surface area contributed by atoms with Gasteiger partial charge >= 0.3 is 0 Å². The number of nitriles is 1. The lowest BCUT2D eigenvalue weighted by Crippen LogP contribution is -1.93. The van der Waals surface area contributed by atoms with E-state index >= 15 is 0 Å². The van der Waals surface area contributed by atoms with Crippen LogP contribution in [-0.2, 0) is 0 Å². The monoisotopic (exact) mass is 299 g/mol. The number of hydrogen-bond donors (Lipinski definition) is 1. The van der Waals surface area contributed by atoms with Crippen LogP contribution in [0, 0.1) is 23.7 Å². The van der Waals surface area contributed by atoms with Gasteiger partial charge in [0.15, 0.2) is 0 Å². The van der Waals surface area contributed by atoms with Crippen molar-refractivity contribution in [3.8, 4) is 24.2 Å². The van der Waals surface area contributed by atoms with Crippen molar-refractivity contribution in [2.45, 2.75) is 0 Å². The van der Waals surface area contributed by atoms with E-state index in [1.165, 1.54) is 0 Å². The van der Waals surface area contributed by atoms with Crippen LogP contribution in [0.5, 0.6) is 5.75 Å². The van der Waals surface area contributed by atoms with Gasteiger partial charge in [0.05, 0.1) is 16.6 Å². The van der Waals surface area contributed by atoms with Gasteiger partial charge in [-0.05, 0) is 35.9 Å². The number of nitrogens with one attached hydrogen (secondary N) is 1. The predicted molar refractivity (Wildman–Crippen MR) is 90.3 cm³/mol. The zero-order valence-electron chi connectivity index (χ0n) is 12.3. The molecule has 1 heterocycles. The minimum Gasteiger partial charge on any atom is -0.481 e. The Kier molecular flexibility index (Phi) is 4.09. The van der Waals surface area contributed by atoms with E-state index in [2.05, 4.69) is 22.0 Å². The summed E-state index contributed by atoms with van der Waals surface area (Å²) in [7, 11) is 0. The molecule has 4 heteroatoms. The minimum absolute atomic E-state index is 0.210. The van der Waals surface area contributed by atoms with Crippen LogP contribution in [0.4, 0.5) is 0 Å². The highest BCUT2D eigenvalue weighted by Gasteiger charge is 2.07. The zero-order chi connectivity index (χ0) is 16.1. The van der Waals surface area contributed by atoms with Gasteiger partial charge < -0.3 is 9.72 Å². The van der Waals surface area contributed by atoms with Crippen LogP contribution in [0.25, 0.3) is 22.7 Å². The van der Waals surface area contributed by atoms with Crippen molar-refractivity contribution in [3.63, 3.8) is 0 Å². The van der Waals surface area contributed by atoms with Gasteiger partial charge in [-0.25, -0.2) is 4.98 Å². The number of allylic oxidation sites excluding steroid dienone is 1. The maximum absolute atomic E-state index is 9.44. The van der Waals surface area contributed by atoms with E-state index in [0.29, 0.717) is 17.1 Å². The number of fused-ring (bicyclic) bond motifs is 1. The van der Waals surface area contributed by atoms with E-state index in [-0.39, 0.29) is 6.61 Å². The fraction of sp³-hybridized carbons (Fsp3) is 0.0526. The summed E-state index contributed by atoms with van der Waals surface area (Å²) in [4.78, 5) is 7.60.